The highest BCUT2D eigenvalue weighted by Gasteiger charge is 2.41. The molecule has 2 heterocycles. The molecule has 0 spiro atoms. The highest BCUT2D eigenvalue weighted by Crippen LogP contribution is 2.35. The molecule has 0 saturated carbocycles. The number of rotatable bonds is 4. The third-order valence-electron chi connectivity index (χ3n) is 4.23. The Labute approximate surface area is 124 Å². The second-order valence-corrected chi connectivity index (χ2v) is 7.86. The summed E-state index contributed by atoms with van der Waals surface area (Å²) in [6.07, 6.45) is 4.23. The summed E-state index contributed by atoms with van der Waals surface area (Å²) in [6.45, 7) is 3.96. The van der Waals surface area contributed by atoms with Crippen molar-refractivity contribution >= 4 is 16.0 Å². The second kappa shape index (κ2) is 5.73. The van der Waals surface area contributed by atoms with Gasteiger partial charge in [0, 0.05) is 25.5 Å². The zero-order chi connectivity index (χ0) is 15.7. The molecule has 6 nitrogen and oxygen atoms in total. The zero-order valence-corrected chi connectivity index (χ0v) is 13.0. The normalized spacial score (nSPS) is 21.1. The van der Waals surface area contributed by atoms with Crippen LogP contribution in [0.1, 0.15) is 26.7 Å². The van der Waals surface area contributed by atoms with Gasteiger partial charge >= 0.3 is 5.97 Å². The van der Waals surface area contributed by atoms with Crippen molar-refractivity contribution in [2.24, 2.45) is 11.3 Å². The summed E-state index contributed by atoms with van der Waals surface area (Å²) in [5.41, 5.74) is -0.941. The van der Waals surface area contributed by atoms with Crippen LogP contribution in [0.5, 0.6) is 0 Å². The summed E-state index contributed by atoms with van der Waals surface area (Å²) < 4.78 is 26.5. The number of hydrogen-bond donors (Lipinski definition) is 1. The van der Waals surface area contributed by atoms with Crippen molar-refractivity contribution in [3.63, 3.8) is 0 Å². The summed E-state index contributed by atoms with van der Waals surface area (Å²) in [4.78, 5) is 15.4. The van der Waals surface area contributed by atoms with Gasteiger partial charge in [0.2, 0.25) is 10.0 Å². The molecule has 7 heteroatoms. The number of piperidine rings is 1. The predicted molar refractivity (Wildman–Crippen MR) is 77.1 cm³/mol. The van der Waals surface area contributed by atoms with Gasteiger partial charge in [-0.15, -0.1) is 0 Å². The molecule has 0 aliphatic carbocycles. The second-order valence-electron chi connectivity index (χ2n) is 5.92. The molecule has 1 saturated heterocycles. The van der Waals surface area contributed by atoms with Crippen LogP contribution in [-0.2, 0) is 14.8 Å². The average molecular weight is 312 g/mol. The van der Waals surface area contributed by atoms with E-state index in [-0.39, 0.29) is 17.4 Å². The maximum absolute atomic E-state index is 12.6. The van der Waals surface area contributed by atoms with E-state index in [0.29, 0.717) is 13.0 Å². The van der Waals surface area contributed by atoms with Crippen LogP contribution in [0, 0.1) is 11.3 Å². The quantitative estimate of drug-likeness (QED) is 0.912. The molecular weight excluding hydrogens is 292 g/mol. The van der Waals surface area contributed by atoms with Gasteiger partial charge in [0.25, 0.3) is 0 Å². The molecule has 1 aliphatic heterocycles. The fourth-order valence-corrected chi connectivity index (χ4v) is 4.06. The van der Waals surface area contributed by atoms with Gasteiger partial charge in [0.1, 0.15) is 4.90 Å². The highest BCUT2D eigenvalue weighted by molar-refractivity contribution is 7.89. The molecule has 0 radical (unpaired) electrons. The Morgan fingerprint density at radius 3 is 2.76 bits per heavy atom. The Morgan fingerprint density at radius 1 is 1.48 bits per heavy atom. The van der Waals surface area contributed by atoms with Crippen molar-refractivity contribution in [2.45, 2.75) is 31.6 Å². The molecule has 1 aliphatic rings. The first-order chi connectivity index (χ1) is 9.76. The SMILES string of the molecule is CC(C)(C(=O)O)C1CCCN(S(=O)(=O)c2cccnc2)C1. The number of aromatic nitrogens is 1. The molecule has 116 valence electrons. The van der Waals surface area contributed by atoms with Gasteiger partial charge in [-0.2, -0.15) is 4.31 Å². The van der Waals surface area contributed by atoms with Gasteiger partial charge in [-0.05, 0) is 44.7 Å². The minimum Gasteiger partial charge on any atom is -0.481 e. The van der Waals surface area contributed by atoms with E-state index in [0.717, 1.165) is 6.42 Å². The number of sulfonamides is 1. The maximum atomic E-state index is 12.6. The van der Waals surface area contributed by atoms with Crippen molar-refractivity contribution in [2.75, 3.05) is 13.1 Å². The van der Waals surface area contributed by atoms with Crippen LogP contribution in [0.25, 0.3) is 0 Å². The zero-order valence-electron chi connectivity index (χ0n) is 12.2. The first-order valence-corrected chi connectivity index (χ1v) is 8.34. The average Bonchev–Trinajstić information content (AvgIpc) is 2.48. The van der Waals surface area contributed by atoms with Crippen molar-refractivity contribution in [1.82, 2.24) is 9.29 Å². The summed E-state index contributed by atoms with van der Waals surface area (Å²) in [7, 11) is -3.60. The van der Waals surface area contributed by atoms with Crippen LogP contribution in [0.15, 0.2) is 29.4 Å². The molecule has 1 unspecified atom stereocenters. The van der Waals surface area contributed by atoms with Crippen molar-refractivity contribution < 1.29 is 18.3 Å². The Balaban J connectivity index is 2.24. The minimum atomic E-state index is -3.60. The number of carbonyl (C=O) groups is 1. The predicted octanol–water partition coefficient (Wildman–Crippen LogP) is 1.59. The van der Waals surface area contributed by atoms with E-state index in [1.165, 1.54) is 22.8 Å². The summed E-state index contributed by atoms with van der Waals surface area (Å²) in [6, 6.07) is 3.09. The Kier molecular flexibility index (Phi) is 4.34. The number of carboxylic acid groups (broad SMARTS) is 1. The highest BCUT2D eigenvalue weighted by atomic mass is 32.2. The number of pyridine rings is 1. The van der Waals surface area contributed by atoms with Crippen LogP contribution < -0.4 is 0 Å². The molecule has 1 atom stereocenters. The lowest BCUT2D eigenvalue weighted by Gasteiger charge is -2.38. The summed E-state index contributed by atoms with van der Waals surface area (Å²) >= 11 is 0. The standard InChI is InChI=1S/C14H20N2O4S/c1-14(2,13(17)18)11-5-4-8-16(10-11)21(19,20)12-6-3-7-15-9-12/h3,6-7,9,11H,4-5,8,10H2,1-2H3,(H,17,18). The molecule has 2 rings (SSSR count). The molecule has 21 heavy (non-hydrogen) atoms. The Bertz CT molecular complexity index is 613. The number of hydrogen-bond acceptors (Lipinski definition) is 4. The van der Waals surface area contributed by atoms with Gasteiger partial charge in [0.05, 0.1) is 5.41 Å². The topological polar surface area (TPSA) is 87.6 Å². The van der Waals surface area contributed by atoms with Crippen LogP contribution in [0.4, 0.5) is 0 Å². The van der Waals surface area contributed by atoms with Crippen LogP contribution >= 0.6 is 0 Å². The van der Waals surface area contributed by atoms with E-state index in [1.807, 2.05) is 0 Å². The van der Waals surface area contributed by atoms with E-state index < -0.39 is 21.4 Å². The summed E-state index contributed by atoms with van der Waals surface area (Å²) in [5.74, 6) is -1.09. The number of nitrogens with zero attached hydrogens (tertiary/aromatic N) is 2. The molecule has 1 fully saturated rings. The first kappa shape index (κ1) is 15.9. The fraction of sp³-hybridized carbons (Fsp3) is 0.571. The first-order valence-electron chi connectivity index (χ1n) is 6.90. The maximum Gasteiger partial charge on any atom is 0.309 e. The van der Waals surface area contributed by atoms with Gasteiger partial charge in [0.15, 0.2) is 0 Å². The Morgan fingerprint density at radius 2 is 2.19 bits per heavy atom. The van der Waals surface area contributed by atoms with Gasteiger partial charge in [-0.1, -0.05) is 0 Å². The van der Waals surface area contributed by atoms with Crippen molar-refractivity contribution in [3.8, 4) is 0 Å². The van der Waals surface area contributed by atoms with E-state index in [4.69, 9.17) is 0 Å². The van der Waals surface area contributed by atoms with Crippen molar-refractivity contribution in [1.29, 1.82) is 0 Å². The van der Waals surface area contributed by atoms with Gasteiger partial charge in [-0.25, -0.2) is 8.42 Å². The van der Waals surface area contributed by atoms with E-state index in [1.54, 1.807) is 19.9 Å². The third kappa shape index (κ3) is 3.08. The fourth-order valence-electron chi connectivity index (χ4n) is 2.57. The minimum absolute atomic E-state index is 0.152. The number of aliphatic carboxylic acids is 1. The molecular formula is C14H20N2O4S. The lowest BCUT2D eigenvalue weighted by atomic mass is 9.75. The smallest absolute Gasteiger partial charge is 0.309 e. The van der Waals surface area contributed by atoms with Crippen LogP contribution in [0.3, 0.4) is 0 Å². The van der Waals surface area contributed by atoms with Gasteiger partial charge < -0.3 is 5.11 Å². The van der Waals surface area contributed by atoms with Crippen LogP contribution in [-0.4, -0.2) is 41.9 Å². The monoisotopic (exact) mass is 312 g/mol. The molecule has 1 N–H and O–H groups in total. The lowest BCUT2D eigenvalue weighted by Crippen LogP contribution is -2.46. The third-order valence-corrected chi connectivity index (χ3v) is 6.08. The molecule has 0 aromatic carbocycles. The molecule has 1 aromatic rings. The van der Waals surface area contributed by atoms with E-state index in [9.17, 15) is 18.3 Å². The molecule has 0 amide bonds. The van der Waals surface area contributed by atoms with Crippen LogP contribution in [0.2, 0.25) is 0 Å². The van der Waals surface area contributed by atoms with E-state index in [2.05, 4.69) is 4.98 Å². The number of carboxylic acids is 1. The Hall–Kier alpha value is -1.47. The van der Waals surface area contributed by atoms with Crippen molar-refractivity contribution in [3.05, 3.63) is 24.5 Å². The largest absolute Gasteiger partial charge is 0.481 e. The molecule has 0 bridgehead atoms. The summed E-state index contributed by atoms with van der Waals surface area (Å²) in [5, 5.41) is 9.32. The van der Waals surface area contributed by atoms with E-state index >= 15 is 0 Å². The molecule has 1 aromatic heterocycles. The van der Waals surface area contributed by atoms with Gasteiger partial charge in [-0.3, -0.25) is 9.78 Å². The lowest BCUT2D eigenvalue weighted by molar-refractivity contribution is -0.151.